The molecule has 28 heavy (non-hydrogen) atoms. The molecule has 0 unspecified atom stereocenters. The van der Waals surface area contributed by atoms with Crippen molar-refractivity contribution in [1.29, 1.82) is 0 Å². The minimum absolute atomic E-state index is 0.573. The third-order valence-electron chi connectivity index (χ3n) is 3.82. The van der Waals surface area contributed by atoms with Crippen LogP contribution in [0.1, 0.15) is 31.4 Å². The molecular weight excluding hydrogens is 471 g/mol. The lowest BCUT2D eigenvalue weighted by atomic mass is 10.2. The molecule has 0 saturated carbocycles. The Balaban J connectivity index is 2.05. The van der Waals surface area contributed by atoms with Gasteiger partial charge in [-0.2, -0.15) is 5.10 Å². The highest BCUT2D eigenvalue weighted by Crippen LogP contribution is 2.34. The van der Waals surface area contributed by atoms with Gasteiger partial charge in [0, 0.05) is 0 Å². The summed E-state index contributed by atoms with van der Waals surface area (Å²) in [6.45, 7) is 5.86. The van der Waals surface area contributed by atoms with Gasteiger partial charge in [-0.1, -0.05) is 13.0 Å². The first-order chi connectivity index (χ1) is 13.6. The average molecular weight is 498 g/mol. The third kappa shape index (κ3) is 6.19. The van der Waals surface area contributed by atoms with Crippen molar-refractivity contribution in [1.82, 2.24) is 5.43 Å². The summed E-state index contributed by atoms with van der Waals surface area (Å²) >= 11 is 2.26. The Morgan fingerprint density at radius 3 is 2.46 bits per heavy atom. The van der Waals surface area contributed by atoms with E-state index in [9.17, 15) is 0 Å². The van der Waals surface area contributed by atoms with Crippen LogP contribution < -0.4 is 24.4 Å². The third-order valence-corrected chi connectivity index (χ3v) is 4.62. The highest BCUT2D eigenvalue weighted by molar-refractivity contribution is 14.1. The molecule has 0 fully saturated rings. The Labute approximate surface area is 180 Å². The number of hydrogen-bond donors (Lipinski definition) is 1. The molecule has 0 aliphatic rings. The summed E-state index contributed by atoms with van der Waals surface area (Å²) in [7, 11) is 3.25. The Morgan fingerprint density at radius 1 is 1.00 bits per heavy atom. The smallest absolute Gasteiger partial charge is 0.174 e. The van der Waals surface area contributed by atoms with Crippen molar-refractivity contribution in [3.8, 4) is 23.0 Å². The molecule has 0 aromatic heterocycles. The molecular formula is C21H27IN2O4. The molecule has 0 saturated heterocycles. The normalized spacial score (nSPS) is 10.8. The fourth-order valence-corrected chi connectivity index (χ4v) is 3.30. The predicted octanol–water partition coefficient (Wildman–Crippen LogP) is 4.62. The molecule has 0 heterocycles. The fourth-order valence-electron chi connectivity index (χ4n) is 2.52. The van der Waals surface area contributed by atoms with Gasteiger partial charge in [-0.15, -0.1) is 0 Å². The zero-order valence-electron chi connectivity index (χ0n) is 16.8. The highest BCUT2D eigenvalue weighted by atomic mass is 127. The van der Waals surface area contributed by atoms with E-state index in [4.69, 9.17) is 18.9 Å². The number of nitrogens with one attached hydrogen (secondary N) is 1. The van der Waals surface area contributed by atoms with E-state index in [1.165, 1.54) is 0 Å². The van der Waals surface area contributed by atoms with Gasteiger partial charge in [0.1, 0.15) is 0 Å². The summed E-state index contributed by atoms with van der Waals surface area (Å²) in [6, 6.07) is 9.75. The second kappa shape index (κ2) is 11.6. The summed E-state index contributed by atoms with van der Waals surface area (Å²) < 4.78 is 23.1. The topological polar surface area (TPSA) is 61.3 Å². The quantitative estimate of drug-likeness (QED) is 0.279. The summed E-state index contributed by atoms with van der Waals surface area (Å²) in [5, 5.41) is 4.32. The summed E-state index contributed by atoms with van der Waals surface area (Å²) in [5.41, 5.74) is 5.04. The maximum atomic E-state index is 5.83. The van der Waals surface area contributed by atoms with Crippen LogP contribution in [0, 0.1) is 3.57 Å². The maximum Gasteiger partial charge on any atom is 0.174 e. The van der Waals surface area contributed by atoms with E-state index in [1.54, 1.807) is 20.4 Å². The number of nitrogens with zero attached hydrogens (tertiary/aromatic N) is 1. The monoisotopic (exact) mass is 498 g/mol. The molecule has 2 aromatic carbocycles. The first-order valence-electron chi connectivity index (χ1n) is 9.18. The number of rotatable bonds is 11. The minimum atomic E-state index is 0.573. The summed E-state index contributed by atoms with van der Waals surface area (Å²) in [6.07, 6.45) is 2.72. The van der Waals surface area contributed by atoms with Gasteiger partial charge in [-0.3, -0.25) is 0 Å². The second-order valence-electron chi connectivity index (χ2n) is 5.89. The van der Waals surface area contributed by atoms with E-state index in [1.807, 2.05) is 37.3 Å². The van der Waals surface area contributed by atoms with Gasteiger partial charge in [0.2, 0.25) is 0 Å². The molecule has 0 aliphatic carbocycles. The zero-order chi connectivity index (χ0) is 20.4. The van der Waals surface area contributed by atoms with E-state index in [0.29, 0.717) is 31.3 Å². The van der Waals surface area contributed by atoms with E-state index >= 15 is 0 Å². The first-order valence-corrected chi connectivity index (χ1v) is 10.3. The van der Waals surface area contributed by atoms with Gasteiger partial charge in [0.05, 0.1) is 43.8 Å². The molecule has 152 valence electrons. The molecule has 0 aliphatic heterocycles. The molecule has 1 N–H and O–H groups in total. The van der Waals surface area contributed by atoms with Crippen molar-refractivity contribution in [3.63, 3.8) is 0 Å². The van der Waals surface area contributed by atoms with Crippen LogP contribution in [0.5, 0.6) is 23.0 Å². The van der Waals surface area contributed by atoms with Crippen LogP contribution in [-0.2, 0) is 6.54 Å². The predicted molar refractivity (Wildman–Crippen MR) is 120 cm³/mol. The molecule has 0 bridgehead atoms. The van der Waals surface area contributed by atoms with Crippen LogP contribution in [0.3, 0.4) is 0 Å². The van der Waals surface area contributed by atoms with Gasteiger partial charge >= 0.3 is 0 Å². The van der Waals surface area contributed by atoms with Gasteiger partial charge in [0.25, 0.3) is 0 Å². The number of hydrogen-bond acceptors (Lipinski definition) is 6. The van der Waals surface area contributed by atoms with E-state index in [0.717, 1.165) is 32.6 Å². The Kier molecular flexibility index (Phi) is 9.19. The number of methoxy groups -OCH3 is 2. The van der Waals surface area contributed by atoms with Crippen molar-refractivity contribution in [2.24, 2.45) is 5.10 Å². The molecule has 0 amide bonds. The minimum Gasteiger partial charge on any atom is -0.493 e. The lowest BCUT2D eigenvalue weighted by Crippen LogP contribution is -2.06. The number of benzene rings is 2. The van der Waals surface area contributed by atoms with Gasteiger partial charge in [-0.25, -0.2) is 0 Å². The maximum absolute atomic E-state index is 5.83. The molecule has 0 atom stereocenters. The van der Waals surface area contributed by atoms with Crippen molar-refractivity contribution in [2.75, 3.05) is 27.4 Å². The molecule has 0 spiro atoms. The van der Waals surface area contributed by atoms with Crippen molar-refractivity contribution in [3.05, 3.63) is 45.0 Å². The van der Waals surface area contributed by atoms with E-state index in [-0.39, 0.29) is 0 Å². The highest BCUT2D eigenvalue weighted by Gasteiger charge is 2.11. The molecule has 6 nitrogen and oxygen atoms in total. The van der Waals surface area contributed by atoms with Gasteiger partial charge in [-0.05, 0) is 71.3 Å². The number of hydrazone groups is 1. The lowest BCUT2D eigenvalue weighted by Gasteiger charge is -2.14. The molecule has 2 aromatic rings. The van der Waals surface area contributed by atoms with Crippen LogP contribution in [-0.4, -0.2) is 33.6 Å². The van der Waals surface area contributed by atoms with Crippen LogP contribution in [0.2, 0.25) is 0 Å². The summed E-state index contributed by atoms with van der Waals surface area (Å²) in [4.78, 5) is 0. The number of ether oxygens (including phenoxy) is 4. The largest absolute Gasteiger partial charge is 0.493 e. The van der Waals surface area contributed by atoms with E-state index < -0.39 is 0 Å². The zero-order valence-corrected chi connectivity index (χ0v) is 18.9. The fraction of sp³-hybridized carbons (Fsp3) is 0.381. The first kappa shape index (κ1) is 22.1. The van der Waals surface area contributed by atoms with Crippen LogP contribution in [0.4, 0.5) is 0 Å². The number of halogens is 1. The summed E-state index contributed by atoms with van der Waals surface area (Å²) in [5.74, 6) is 2.94. The second-order valence-corrected chi connectivity index (χ2v) is 7.06. The SMILES string of the molecule is CCCOc1c(I)cc(/C=N/NCc2ccc(OC)c(OC)c2)cc1OCC. The van der Waals surface area contributed by atoms with Crippen LogP contribution in [0.15, 0.2) is 35.4 Å². The van der Waals surface area contributed by atoms with Crippen LogP contribution >= 0.6 is 22.6 Å². The van der Waals surface area contributed by atoms with Crippen molar-refractivity contribution in [2.45, 2.75) is 26.8 Å². The average Bonchev–Trinajstić information content (AvgIpc) is 2.70. The van der Waals surface area contributed by atoms with Crippen molar-refractivity contribution < 1.29 is 18.9 Å². The lowest BCUT2D eigenvalue weighted by molar-refractivity contribution is 0.275. The van der Waals surface area contributed by atoms with Gasteiger partial charge in [0.15, 0.2) is 23.0 Å². The van der Waals surface area contributed by atoms with Crippen LogP contribution in [0.25, 0.3) is 0 Å². The Hall–Kier alpha value is -2.16. The van der Waals surface area contributed by atoms with Gasteiger partial charge < -0.3 is 24.4 Å². The Bertz CT molecular complexity index is 796. The standard InChI is InChI=1S/C21H27IN2O4/c1-5-9-28-21-17(22)10-16(12-20(21)27-6-2)14-24-23-13-15-7-8-18(25-3)19(11-15)26-4/h7-8,10-12,14,23H,5-6,9,13H2,1-4H3/b24-14+. The molecule has 0 radical (unpaired) electrons. The molecule has 7 heteroatoms. The van der Waals surface area contributed by atoms with E-state index in [2.05, 4.69) is 40.0 Å². The van der Waals surface area contributed by atoms with Crippen molar-refractivity contribution >= 4 is 28.8 Å². The molecule has 2 rings (SSSR count). The Morgan fingerprint density at radius 2 is 1.79 bits per heavy atom.